The largest absolute Gasteiger partial charge is 3.00 e. The summed E-state index contributed by atoms with van der Waals surface area (Å²) in [5.74, 6) is 0. The summed E-state index contributed by atoms with van der Waals surface area (Å²) in [7, 11) is 2.04. The van der Waals surface area contributed by atoms with E-state index in [1.165, 1.54) is 22.2 Å². The molecule has 7 heteroatoms. The van der Waals surface area contributed by atoms with E-state index in [-0.39, 0.29) is 20.1 Å². The van der Waals surface area contributed by atoms with Crippen LogP contribution in [-0.4, -0.2) is 26.3 Å². The molecule has 2 aliphatic heterocycles. The predicted octanol–water partition coefficient (Wildman–Crippen LogP) is 5.74. The van der Waals surface area contributed by atoms with E-state index in [2.05, 4.69) is 99.4 Å². The molecule has 0 radical (unpaired) electrons. The van der Waals surface area contributed by atoms with E-state index in [1.54, 1.807) is 0 Å². The SMILES string of the molecule is CN1C=C2c3ccccc3-c3ccc[c-][n+]3N2[CH-]1.[Ir+3].[c-]1ccc2c3ncc4ccccc4c3c3cccnc3n12. The Bertz CT molecular complexity index is 2100. The third-order valence-corrected chi connectivity index (χ3v) is 7.33. The fraction of sp³-hybridized carbons (Fsp3) is 0.0303. The standard InChI is InChI=1S/C18H10N3.C15H12N3.Ir/c1-2-6-13-12(5-1)11-20-17-15-8-4-10-21(15)18-14(16(13)17)7-3-9-19-18;1-16-10-15-13-7-3-2-6-12(13)14-8-4-5-9-17(14)18(15)11-16;/h1-9,11H;2-8,10-11H,1H3;/q2*-1;+3. The molecule has 0 amide bonds. The molecule has 0 aliphatic carbocycles. The molecule has 5 aromatic heterocycles. The van der Waals surface area contributed by atoms with Crippen LogP contribution >= 0.6 is 0 Å². The fourth-order valence-corrected chi connectivity index (χ4v) is 5.67. The van der Waals surface area contributed by atoms with Gasteiger partial charge in [0.15, 0.2) is 0 Å². The van der Waals surface area contributed by atoms with Crippen molar-refractivity contribution in [3.63, 3.8) is 0 Å². The van der Waals surface area contributed by atoms with Crippen LogP contribution in [0.5, 0.6) is 0 Å². The van der Waals surface area contributed by atoms with Gasteiger partial charge in [-0.15, -0.1) is 18.2 Å². The Morgan fingerprint density at radius 2 is 1.65 bits per heavy atom. The number of aromatic nitrogens is 4. The molecule has 6 nitrogen and oxygen atoms in total. The van der Waals surface area contributed by atoms with Crippen LogP contribution < -0.4 is 9.69 Å². The van der Waals surface area contributed by atoms with Gasteiger partial charge in [0.25, 0.3) is 0 Å². The van der Waals surface area contributed by atoms with Gasteiger partial charge < -0.3 is 9.30 Å². The van der Waals surface area contributed by atoms with E-state index in [9.17, 15) is 0 Å². The first-order chi connectivity index (χ1) is 19.3. The summed E-state index contributed by atoms with van der Waals surface area (Å²) in [6, 6.07) is 30.9. The number of nitrogens with zero attached hydrogens (tertiary/aromatic N) is 6. The molecular weight excluding hydrogens is 673 g/mol. The number of fused-ring (bicyclic) bond motifs is 14. The Labute approximate surface area is 244 Å². The second-order valence-electron chi connectivity index (χ2n) is 9.66. The maximum absolute atomic E-state index is 4.69. The Hall–Kier alpha value is -4.58. The monoisotopic (exact) mass is 695 g/mol. The summed E-state index contributed by atoms with van der Waals surface area (Å²) < 4.78 is 4.04. The Kier molecular flexibility index (Phi) is 5.84. The van der Waals surface area contributed by atoms with Crippen LogP contribution in [0.4, 0.5) is 0 Å². The molecule has 2 aromatic carbocycles. The van der Waals surface area contributed by atoms with Crippen LogP contribution in [0.25, 0.3) is 55.2 Å². The van der Waals surface area contributed by atoms with Gasteiger partial charge in [-0.2, -0.15) is 6.07 Å². The molecule has 7 aromatic rings. The third-order valence-electron chi connectivity index (χ3n) is 7.33. The summed E-state index contributed by atoms with van der Waals surface area (Å²) >= 11 is 0. The number of rotatable bonds is 0. The van der Waals surface area contributed by atoms with Crippen molar-refractivity contribution < 1.29 is 24.8 Å². The van der Waals surface area contributed by atoms with Gasteiger partial charge in [-0.3, -0.25) is 15.0 Å². The van der Waals surface area contributed by atoms with Crippen molar-refractivity contribution in [2.75, 3.05) is 12.1 Å². The van der Waals surface area contributed by atoms with Crippen molar-refractivity contribution in [1.29, 1.82) is 0 Å². The summed E-state index contributed by atoms with van der Waals surface area (Å²) in [5.41, 5.74) is 7.82. The molecule has 0 N–H and O–H groups in total. The van der Waals surface area contributed by atoms with Crippen LogP contribution in [0.1, 0.15) is 5.56 Å². The molecular formula is C33H22IrN6+. The second kappa shape index (κ2) is 9.56. The molecule has 0 fully saturated rings. The first-order valence-corrected chi connectivity index (χ1v) is 12.8. The minimum atomic E-state index is 0. The summed E-state index contributed by atoms with van der Waals surface area (Å²) in [4.78, 5) is 11.3. The minimum Gasteiger partial charge on any atom is -0.504 e. The number of hydrogen-bond acceptors (Lipinski definition) is 4. The van der Waals surface area contributed by atoms with E-state index < -0.39 is 0 Å². The molecule has 0 saturated heterocycles. The van der Waals surface area contributed by atoms with Crippen LogP contribution in [0.15, 0.2) is 110 Å². The van der Waals surface area contributed by atoms with E-state index >= 15 is 0 Å². The Balaban J connectivity index is 0.000000131. The quantitative estimate of drug-likeness (QED) is 0.115. The van der Waals surface area contributed by atoms with Gasteiger partial charge >= 0.3 is 20.1 Å². The first kappa shape index (κ1) is 24.5. The third kappa shape index (κ3) is 3.63. The summed E-state index contributed by atoms with van der Waals surface area (Å²) in [5, 5.41) is 6.75. The van der Waals surface area contributed by atoms with Gasteiger partial charge in [0.2, 0.25) is 0 Å². The zero-order valence-corrected chi connectivity index (χ0v) is 23.9. The second-order valence-corrected chi connectivity index (χ2v) is 9.66. The number of benzene rings is 2. The fourth-order valence-electron chi connectivity index (χ4n) is 5.67. The van der Waals surface area contributed by atoms with Crippen molar-refractivity contribution in [1.82, 2.24) is 19.3 Å². The first-order valence-electron chi connectivity index (χ1n) is 12.8. The van der Waals surface area contributed by atoms with E-state index in [4.69, 9.17) is 4.98 Å². The normalized spacial score (nSPS) is 13.4. The van der Waals surface area contributed by atoms with Crippen LogP contribution in [-0.2, 0) is 20.1 Å². The zero-order chi connectivity index (χ0) is 25.9. The van der Waals surface area contributed by atoms with E-state index in [1.807, 2.05) is 60.2 Å². The molecule has 0 saturated carbocycles. The van der Waals surface area contributed by atoms with Gasteiger partial charge in [-0.25, -0.2) is 4.68 Å². The molecule has 40 heavy (non-hydrogen) atoms. The van der Waals surface area contributed by atoms with Gasteiger partial charge in [0.1, 0.15) is 11.9 Å². The number of pyridine rings is 4. The molecule has 2 aliphatic rings. The van der Waals surface area contributed by atoms with E-state index in [0.717, 1.165) is 38.5 Å². The van der Waals surface area contributed by atoms with Gasteiger partial charge in [0.05, 0.1) is 11.3 Å². The van der Waals surface area contributed by atoms with Crippen molar-refractivity contribution in [3.8, 4) is 11.3 Å². The van der Waals surface area contributed by atoms with Crippen LogP contribution in [0.3, 0.4) is 0 Å². The Morgan fingerprint density at radius 1 is 0.825 bits per heavy atom. The van der Waals surface area contributed by atoms with Crippen molar-refractivity contribution in [2.24, 2.45) is 0 Å². The minimum absolute atomic E-state index is 0. The molecule has 7 heterocycles. The van der Waals surface area contributed by atoms with Crippen molar-refractivity contribution >= 4 is 43.9 Å². The zero-order valence-electron chi connectivity index (χ0n) is 21.5. The topological polar surface area (TPSA) is 40.5 Å². The smallest absolute Gasteiger partial charge is 0.504 e. The average molecular weight is 695 g/mol. The van der Waals surface area contributed by atoms with Crippen LogP contribution in [0, 0.1) is 19.1 Å². The predicted molar refractivity (Wildman–Crippen MR) is 154 cm³/mol. The summed E-state index contributed by atoms with van der Waals surface area (Å²) in [6.07, 6.45) is 12.4. The molecule has 0 unspecified atom stereocenters. The molecule has 0 spiro atoms. The van der Waals surface area contributed by atoms with E-state index in [0.29, 0.717) is 0 Å². The maximum Gasteiger partial charge on any atom is 3.00 e. The molecule has 0 bridgehead atoms. The molecule has 0 atom stereocenters. The van der Waals surface area contributed by atoms with Crippen molar-refractivity contribution in [2.45, 2.75) is 0 Å². The van der Waals surface area contributed by atoms with Crippen molar-refractivity contribution in [3.05, 3.63) is 134 Å². The number of hydrogen-bond donors (Lipinski definition) is 0. The van der Waals surface area contributed by atoms with Gasteiger partial charge in [-0.1, -0.05) is 79.0 Å². The molecule has 192 valence electrons. The molecule has 9 rings (SSSR count). The van der Waals surface area contributed by atoms with Crippen LogP contribution in [0.2, 0.25) is 0 Å². The summed E-state index contributed by atoms with van der Waals surface area (Å²) in [6.45, 7) is 2.06. The average Bonchev–Trinajstić information content (AvgIpc) is 3.65. The Morgan fingerprint density at radius 3 is 2.58 bits per heavy atom. The van der Waals surface area contributed by atoms with Gasteiger partial charge in [0, 0.05) is 39.8 Å². The van der Waals surface area contributed by atoms with Gasteiger partial charge in [-0.05, 0) is 30.1 Å². The maximum atomic E-state index is 4.69.